The minimum atomic E-state index is 0.213. The number of hydrogen-bond acceptors (Lipinski definition) is 7. The van der Waals surface area contributed by atoms with Gasteiger partial charge in [-0.05, 0) is 0 Å². The average molecular weight is 276 g/mol. The highest BCUT2D eigenvalue weighted by Gasteiger charge is 1.85. The van der Waals surface area contributed by atoms with Gasteiger partial charge >= 0.3 is 0 Å². The van der Waals surface area contributed by atoms with Gasteiger partial charge in [-0.3, -0.25) is 0 Å². The van der Waals surface area contributed by atoms with E-state index in [9.17, 15) is 0 Å². The molecule has 0 heterocycles. The summed E-state index contributed by atoms with van der Waals surface area (Å²) in [6, 6.07) is 0. The molecule has 0 bridgehead atoms. The summed E-state index contributed by atoms with van der Waals surface area (Å²) >= 11 is 1.55. The Hall–Kier alpha value is 0.890. The van der Waals surface area contributed by atoms with Gasteiger partial charge in [0, 0.05) is 23.0 Å². The number of thioether (sulfide) groups is 1. The minimum absolute atomic E-state index is 0.213. The Morgan fingerprint density at radius 1 is 0.533 bits per heavy atom. The van der Waals surface area contributed by atoms with Crippen LogP contribution in [0.15, 0.2) is 0 Å². The van der Waals surface area contributed by atoms with Crippen LogP contribution in [0.5, 0.6) is 0 Å². The van der Waals surface area contributed by atoms with Crippen molar-refractivity contribution in [1.82, 2.24) is 0 Å². The van der Waals surface area contributed by atoms with Crippen molar-refractivity contribution in [2.45, 2.75) is 0 Å². The van der Waals surface area contributed by atoms with Gasteiger partial charge in [-0.25, -0.2) is 0 Å². The Balaban J connectivity index is 0. The van der Waals surface area contributed by atoms with Crippen molar-refractivity contribution in [2.24, 2.45) is 0 Å². The van der Waals surface area contributed by atoms with Gasteiger partial charge in [0.2, 0.25) is 0 Å². The van der Waals surface area contributed by atoms with E-state index in [2.05, 4.69) is 0 Å². The molecule has 0 aliphatic rings. The Bertz CT molecular complexity index is 88.0. The lowest BCUT2D eigenvalue weighted by Crippen LogP contribution is -1.91. The first-order valence-corrected chi connectivity index (χ1v) is 8.23. The maximum absolute atomic E-state index is 8.27. The predicted octanol–water partition coefficient (Wildman–Crippen LogP) is 0.0566. The Labute approximate surface area is 103 Å². The molecule has 0 aromatic rings. The molecule has 0 saturated carbocycles. The molecular weight excluding hydrogens is 256 g/mol. The van der Waals surface area contributed by atoms with Crippen LogP contribution in [-0.4, -0.2) is 69.9 Å². The van der Waals surface area contributed by atoms with Crippen molar-refractivity contribution in [3.8, 4) is 0 Å². The second-order valence-electron chi connectivity index (χ2n) is 2.15. The molecule has 0 radical (unpaired) electrons. The van der Waals surface area contributed by atoms with Gasteiger partial charge < -0.3 is 20.4 Å². The Kier molecular flexibility index (Phi) is 24.7. The second kappa shape index (κ2) is 20.3. The lowest BCUT2D eigenvalue weighted by molar-refractivity contribution is 0.318. The molecule has 4 nitrogen and oxygen atoms in total. The van der Waals surface area contributed by atoms with Gasteiger partial charge in [0.1, 0.15) is 0 Å². The fourth-order valence-electron chi connectivity index (χ4n) is 0.424. The molecule has 0 spiro atoms. The molecule has 0 saturated heterocycles. The van der Waals surface area contributed by atoms with Gasteiger partial charge in [0.05, 0.1) is 26.4 Å². The van der Waals surface area contributed by atoms with Crippen molar-refractivity contribution >= 4 is 33.3 Å². The van der Waals surface area contributed by atoms with Crippen LogP contribution in [0.3, 0.4) is 0 Å². The van der Waals surface area contributed by atoms with Crippen LogP contribution in [0.1, 0.15) is 0 Å². The zero-order valence-electron chi connectivity index (χ0n) is 8.67. The van der Waals surface area contributed by atoms with E-state index in [1.54, 1.807) is 33.3 Å². The summed E-state index contributed by atoms with van der Waals surface area (Å²) in [6.45, 7) is 0.877. The Morgan fingerprint density at radius 3 is 1.13 bits per heavy atom. The van der Waals surface area contributed by atoms with Crippen molar-refractivity contribution in [1.29, 1.82) is 0 Å². The lowest BCUT2D eigenvalue weighted by Gasteiger charge is -1.93. The highest BCUT2D eigenvalue weighted by atomic mass is 33.1. The summed E-state index contributed by atoms with van der Waals surface area (Å²) in [4.78, 5) is 0. The number of aliphatic hydroxyl groups excluding tert-OH is 4. The summed E-state index contributed by atoms with van der Waals surface area (Å²) in [6.07, 6.45) is 0. The predicted molar refractivity (Wildman–Crippen MR) is 70.6 cm³/mol. The van der Waals surface area contributed by atoms with E-state index in [0.717, 1.165) is 23.0 Å². The molecule has 0 fully saturated rings. The van der Waals surface area contributed by atoms with Crippen molar-refractivity contribution in [3.05, 3.63) is 0 Å². The van der Waals surface area contributed by atoms with Crippen molar-refractivity contribution in [2.75, 3.05) is 49.4 Å². The lowest BCUT2D eigenvalue weighted by atomic mass is 10.9. The van der Waals surface area contributed by atoms with E-state index >= 15 is 0 Å². The molecule has 4 N–H and O–H groups in total. The molecule has 0 aromatic carbocycles. The number of hydrogen-bond donors (Lipinski definition) is 4. The van der Waals surface area contributed by atoms with Crippen LogP contribution in [0, 0.1) is 0 Å². The maximum Gasteiger partial charge on any atom is 0.0530 e. The van der Waals surface area contributed by atoms with Crippen LogP contribution in [0.25, 0.3) is 0 Å². The van der Waals surface area contributed by atoms with Crippen LogP contribution in [0.2, 0.25) is 0 Å². The van der Waals surface area contributed by atoms with Gasteiger partial charge in [-0.2, -0.15) is 11.8 Å². The van der Waals surface area contributed by atoms with E-state index in [1.165, 1.54) is 0 Å². The first-order chi connectivity index (χ1) is 7.33. The Morgan fingerprint density at radius 2 is 0.867 bits per heavy atom. The van der Waals surface area contributed by atoms with E-state index in [4.69, 9.17) is 20.4 Å². The summed E-state index contributed by atoms with van der Waals surface area (Å²) in [7, 11) is 3.17. The zero-order chi connectivity index (χ0) is 11.8. The van der Waals surface area contributed by atoms with E-state index < -0.39 is 0 Å². The third kappa shape index (κ3) is 25.3. The number of aliphatic hydroxyl groups is 4. The topological polar surface area (TPSA) is 80.9 Å². The van der Waals surface area contributed by atoms with Crippen LogP contribution < -0.4 is 0 Å². The highest BCUT2D eigenvalue weighted by molar-refractivity contribution is 8.76. The van der Waals surface area contributed by atoms with Crippen LogP contribution >= 0.6 is 33.3 Å². The third-order valence-corrected chi connectivity index (χ3v) is 4.21. The van der Waals surface area contributed by atoms with E-state index in [0.29, 0.717) is 0 Å². The standard InChI is InChI=1S/C4H10O2S2.C4H10O2S/c5-1-3-7-8-4-2-6;5-1-3-7-4-2-6/h5-6H,1-4H2;5-6H,1-4H2. The van der Waals surface area contributed by atoms with Crippen molar-refractivity contribution in [3.63, 3.8) is 0 Å². The SMILES string of the molecule is OCCSCCO.OCCSSCCO. The highest BCUT2D eigenvalue weighted by Crippen LogP contribution is 2.18. The molecular formula is C8H20O4S3. The van der Waals surface area contributed by atoms with E-state index in [1.807, 2.05) is 0 Å². The molecule has 0 atom stereocenters. The smallest absolute Gasteiger partial charge is 0.0530 e. The molecule has 0 aromatic heterocycles. The van der Waals surface area contributed by atoms with E-state index in [-0.39, 0.29) is 26.4 Å². The first-order valence-electron chi connectivity index (χ1n) is 4.59. The summed E-state index contributed by atoms with van der Waals surface area (Å²) < 4.78 is 0. The van der Waals surface area contributed by atoms with Gasteiger partial charge in [-0.15, -0.1) is 0 Å². The zero-order valence-corrected chi connectivity index (χ0v) is 11.1. The van der Waals surface area contributed by atoms with Gasteiger partial charge in [0.15, 0.2) is 0 Å². The molecule has 0 aliphatic heterocycles. The minimum Gasteiger partial charge on any atom is -0.396 e. The largest absolute Gasteiger partial charge is 0.396 e. The summed E-state index contributed by atoms with van der Waals surface area (Å²) in [5.74, 6) is 2.98. The molecule has 7 heteroatoms. The molecule has 0 aliphatic carbocycles. The molecule has 0 unspecified atom stereocenters. The summed E-state index contributed by atoms with van der Waals surface area (Å²) in [5, 5.41) is 32.9. The monoisotopic (exact) mass is 276 g/mol. The van der Waals surface area contributed by atoms with Crippen LogP contribution in [0.4, 0.5) is 0 Å². The molecule has 15 heavy (non-hydrogen) atoms. The van der Waals surface area contributed by atoms with Crippen molar-refractivity contribution < 1.29 is 20.4 Å². The fourth-order valence-corrected chi connectivity index (χ4v) is 2.42. The fraction of sp³-hybridized carbons (Fsp3) is 1.00. The third-order valence-electron chi connectivity index (χ3n) is 0.904. The normalized spacial score (nSPS) is 9.60. The quantitative estimate of drug-likeness (QED) is 0.350. The first kappa shape index (κ1) is 18.3. The maximum atomic E-state index is 8.27. The molecule has 0 amide bonds. The van der Waals surface area contributed by atoms with Crippen LogP contribution in [-0.2, 0) is 0 Å². The second-order valence-corrected chi connectivity index (χ2v) is 6.08. The van der Waals surface area contributed by atoms with Gasteiger partial charge in [0.25, 0.3) is 0 Å². The molecule has 0 rings (SSSR count). The number of rotatable bonds is 9. The average Bonchev–Trinajstić information content (AvgIpc) is 2.26. The molecule has 94 valence electrons. The summed E-state index contributed by atoms with van der Waals surface area (Å²) in [5.41, 5.74) is 0. The van der Waals surface area contributed by atoms with Gasteiger partial charge in [-0.1, -0.05) is 21.6 Å².